The zero-order valence-electron chi connectivity index (χ0n) is 13.5. The Kier molecular flexibility index (Phi) is 4.56. The van der Waals surface area contributed by atoms with Crippen LogP contribution in [0.2, 0.25) is 0 Å². The van der Waals surface area contributed by atoms with E-state index in [-0.39, 0.29) is 6.04 Å². The van der Waals surface area contributed by atoms with Crippen molar-refractivity contribution in [1.29, 1.82) is 0 Å². The van der Waals surface area contributed by atoms with E-state index in [1.807, 2.05) is 24.0 Å². The van der Waals surface area contributed by atoms with E-state index in [2.05, 4.69) is 16.8 Å². The second kappa shape index (κ2) is 6.29. The molecule has 0 saturated carbocycles. The molecule has 124 valence electrons. The standard InChI is InChI=1S/C15H26N4O2S/c1-13(19-9-5-11-22(19,20)21)14-6-3-4-8-18(14)12-15-16-7-10-17(15)2/h7,10,13-14H,3-6,8-9,11-12H2,1-2H3. The predicted octanol–water partition coefficient (Wildman–Crippen LogP) is 1.20. The zero-order valence-corrected chi connectivity index (χ0v) is 14.3. The van der Waals surface area contributed by atoms with Crippen molar-refractivity contribution in [3.8, 4) is 0 Å². The summed E-state index contributed by atoms with van der Waals surface area (Å²) in [5.74, 6) is 1.35. The van der Waals surface area contributed by atoms with Crippen LogP contribution < -0.4 is 0 Å². The number of aryl methyl sites for hydroxylation is 1. The fraction of sp³-hybridized carbons (Fsp3) is 0.800. The maximum Gasteiger partial charge on any atom is 0.214 e. The summed E-state index contributed by atoms with van der Waals surface area (Å²) in [4.78, 5) is 6.84. The largest absolute Gasteiger partial charge is 0.337 e. The fourth-order valence-corrected chi connectivity index (χ4v) is 5.58. The second-order valence-electron chi connectivity index (χ2n) is 6.51. The number of likely N-dealkylation sites (tertiary alicyclic amines) is 1. The van der Waals surface area contributed by atoms with Crippen molar-refractivity contribution in [3.63, 3.8) is 0 Å². The summed E-state index contributed by atoms with van der Waals surface area (Å²) in [6.45, 7) is 4.57. The third-order valence-corrected chi connectivity index (χ3v) is 7.11. The van der Waals surface area contributed by atoms with E-state index in [1.54, 1.807) is 4.31 Å². The first-order valence-electron chi connectivity index (χ1n) is 8.19. The van der Waals surface area contributed by atoms with Crippen LogP contribution in [0.15, 0.2) is 12.4 Å². The molecule has 6 nitrogen and oxygen atoms in total. The van der Waals surface area contributed by atoms with E-state index in [0.717, 1.165) is 31.8 Å². The fourth-order valence-electron chi connectivity index (χ4n) is 3.80. The number of imidazole rings is 1. The second-order valence-corrected chi connectivity index (χ2v) is 8.55. The first-order valence-corrected chi connectivity index (χ1v) is 9.80. The molecule has 0 radical (unpaired) electrons. The molecule has 0 aliphatic carbocycles. The summed E-state index contributed by atoms with van der Waals surface area (Å²) in [5.41, 5.74) is 0. The molecule has 2 aliphatic rings. The summed E-state index contributed by atoms with van der Waals surface area (Å²) >= 11 is 0. The van der Waals surface area contributed by atoms with Crippen molar-refractivity contribution in [2.24, 2.45) is 7.05 Å². The van der Waals surface area contributed by atoms with E-state index >= 15 is 0 Å². The van der Waals surface area contributed by atoms with Crippen molar-refractivity contribution in [2.45, 2.75) is 51.2 Å². The molecule has 0 amide bonds. The minimum Gasteiger partial charge on any atom is -0.337 e. The molecule has 7 heteroatoms. The molecule has 2 saturated heterocycles. The molecular formula is C15H26N4O2S. The monoisotopic (exact) mass is 326 g/mol. The molecule has 1 aromatic heterocycles. The summed E-state index contributed by atoms with van der Waals surface area (Å²) in [7, 11) is -1.03. The van der Waals surface area contributed by atoms with Crippen LogP contribution in [0.25, 0.3) is 0 Å². The molecule has 1 aromatic rings. The van der Waals surface area contributed by atoms with E-state index in [4.69, 9.17) is 0 Å². The molecular weight excluding hydrogens is 300 g/mol. The van der Waals surface area contributed by atoms with Crippen molar-refractivity contribution < 1.29 is 8.42 Å². The Bertz CT molecular complexity index is 613. The van der Waals surface area contributed by atoms with E-state index < -0.39 is 10.0 Å². The first-order chi connectivity index (χ1) is 10.5. The number of hydrogen-bond acceptors (Lipinski definition) is 4. The lowest BCUT2D eigenvalue weighted by molar-refractivity contribution is 0.0851. The van der Waals surface area contributed by atoms with Gasteiger partial charge in [0, 0.05) is 38.1 Å². The third-order valence-electron chi connectivity index (χ3n) is 5.08. The van der Waals surface area contributed by atoms with Crippen LogP contribution in [-0.4, -0.2) is 58.1 Å². The van der Waals surface area contributed by atoms with Gasteiger partial charge in [-0.1, -0.05) is 6.42 Å². The van der Waals surface area contributed by atoms with Crippen molar-refractivity contribution in [1.82, 2.24) is 18.8 Å². The Morgan fingerprint density at radius 2 is 2.14 bits per heavy atom. The normalized spacial score (nSPS) is 28.0. The number of rotatable bonds is 4. The number of piperidine rings is 1. The molecule has 2 aliphatic heterocycles. The van der Waals surface area contributed by atoms with E-state index in [0.29, 0.717) is 18.3 Å². The Morgan fingerprint density at radius 1 is 1.32 bits per heavy atom. The molecule has 0 aromatic carbocycles. The summed E-state index contributed by atoms with van der Waals surface area (Å²) < 4.78 is 28.2. The van der Waals surface area contributed by atoms with Gasteiger partial charge in [-0.25, -0.2) is 13.4 Å². The number of sulfonamides is 1. The number of hydrogen-bond donors (Lipinski definition) is 0. The lowest BCUT2D eigenvalue weighted by atomic mass is 9.96. The molecule has 2 fully saturated rings. The van der Waals surface area contributed by atoms with Crippen molar-refractivity contribution in [3.05, 3.63) is 18.2 Å². The van der Waals surface area contributed by atoms with Gasteiger partial charge in [0.2, 0.25) is 10.0 Å². The summed E-state index contributed by atoms with van der Waals surface area (Å²) in [6, 6.07) is 0.339. The topological polar surface area (TPSA) is 58.4 Å². The lowest BCUT2D eigenvalue weighted by Crippen LogP contribution is -2.52. The van der Waals surface area contributed by atoms with Gasteiger partial charge in [-0.15, -0.1) is 0 Å². The van der Waals surface area contributed by atoms with Crippen molar-refractivity contribution >= 4 is 10.0 Å². The molecule has 22 heavy (non-hydrogen) atoms. The summed E-state index contributed by atoms with van der Waals surface area (Å²) in [5, 5.41) is 0. The quantitative estimate of drug-likeness (QED) is 0.834. The summed E-state index contributed by atoms with van der Waals surface area (Å²) in [6.07, 6.45) is 7.97. The maximum absolute atomic E-state index is 12.2. The average Bonchev–Trinajstić information content (AvgIpc) is 3.04. The molecule has 2 atom stereocenters. The lowest BCUT2D eigenvalue weighted by Gasteiger charge is -2.41. The Labute approximate surface area is 133 Å². The maximum atomic E-state index is 12.2. The Morgan fingerprint density at radius 3 is 2.77 bits per heavy atom. The SMILES string of the molecule is CC(C1CCCCN1Cc1nccn1C)N1CCCS1(=O)=O. The van der Waals surface area contributed by atoms with Gasteiger partial charge in [-0.05, 0) is 32.7 Å². The van der Waals surface area contributed by atoms with Gasteiger partial charge in [-0.3, -0.25) is 4.90 Å². The highest BCUT2D eigenvalue weighted by molar-refractivity contribution is 7.89. The number of aromatic nitrogens is 2. The van der Waals surface area contributed by atoms with Crippen LogP contribution in [0.3, 0.4) is 0 Å². The van der Waals surface area contributed by atoms with Gasteiger partial charge in [0.25, 0.3) is 0 Å². The molecule has 3 heterocycles. The molecule has 0 N–H and O–H groups in total. The molecule has 0 spiro atoms. The smallest absolute Gasteiger partial charge is 0.214 e. The van der Waals surface area contributed by atoms with Crippen LogP contribution in [0.1, 0.15) is 38.4 Å². The van der Waals surface area contributed by atoms with Gasteiger partial charge >= 0.3 is 0 Å². The highest BCUT2D eigenvalue weighted by Crippen LogP contribution is 2.28. The zero-order chi connectivity index (χ0) is 15.7. The minimum atomic E-state index is -3.04. The number of nitrogens with zero attached hydrogens (tertiary/aromatic N) is 4. The Hall–Kier alpha value is -0.920. The van der Waals surface area contributed by atoms with Gasteiger partial charge in [0.05, 0.1) is 12.3 Å². The van der Waals surface area contributed by atoms with Gasteiger partial charge < -0.3 is 4.57 Å². The van der Waals surface area contributed by atoms with Crippen LogP contribution in [0.4, 0.5) is 0 Å². The van der Waals surface area contributed by atoms with Gasteiger partial charge in [0.15, 0.2) is 0 Å². The molecule has 3 rings (SSSR count). The third kappa shape index (κ3) is 3.07. The molecule has 2 unspecified atom stereocenters. The van der Waals surface area contributed by atoms with Gasteiger partial charge in [-0.2, -0.15) is 4.31 Å². The van der Waals surface area contributed by atoms with E-state index in [9.17, 15) is 8.42 Å². The van der Waals surface area contributed by atoms with Crippen molar-refractivity contribution in [2.75, 3.05) is 18.8 Å². The molecule has 0 bridgehead atoms. The van der Waals surface area contributed by atoms with Gasteiger partial charge in [0.1, 0.15) is 5.82 Å². The van der Waals surface area contributed by atoms with E-state index in [1.165, 1.54) is 12.8 Å². The predicted molar refractivity (Wildman–Crippen MR) is 85.8 cm³/mol. The highest BCUT2D eigenvalue weighted by atomic mass is 32.2. The van der Waals surface area contributed by atoms with Crippen LogP contribution >= 0.6 is 0 Å². The Balaban J connectivity index is 1.76. The van der Waals surface area contributed by atoms with Crippen LogP contribution in [0, 0.1) is 0 Å². The van der Waals surface area contributed by atoms with Crippen LogP contribution in [0.5, 0.6) is 0 Å². The van der Waals surface area contributed by atoms with Crippen LogP contribution in [-0.2, 0) is 23.6 Å². The average molecular weight is 326 g/mol. The highest BCUT2D eigenvalue weighted by Gasteiger charge is 2.38. The first kappa shape index (κ1) is 16.0. The minimum absolute atomic E-state index is 0.0491.